The lowest BCUT2D eigenvalue weighted by atomic mass is 9.92. The lowest BCUT2D eigenvalue weighted by Crippen LogP contribution is -2.39. The Bertz CT molecular complexity index is 329. The predicted octanol–water partition coefficient (Wildman–Crippen LogP) is 1.82. The fraction of sp³-hybridized carbons (Fsp3) is 0.933. The molecule has 4 nitrogen and oxygen atoms in total. The van der Waals surface area contributed by atoms with Gasteiger partial charge in [0.15, 0.2) is 0 Å². The maximum Gasteiger partial charge on any atom is 0.223 e. The van der Waals surface area contributed by atoms with Crippen molar-refractivity contribution < 1.29 is 4.79 Å². The molecule has 6 heteroatoms. The molecule has 1 spiro atoms. The van der Waals surface area contributed by atoms with Crippen molar-refractivity contribution in [1.82, 2.24) is 15.5 Å². The quantitative estimate of drug-likeness (QED) is 0.822. The molecule has 0 aromatic rings. The molecule has 3 aliphatic rings. The average Bonchev–Trinajstić information content (AvgIpc) is 3.14. The smallest absolute Gasteiger partial charge is 0.223 e. The number of likely N-dealkylation sites (tertiary alicyclic amines) is 1. The molecule has 2 saturated heterocycles. The van der Waals surface area contributed by atoms with Crippen LogP contribution in [0.2, 0.25) is 0 Å². The molecular formula is C15H29Cl2N3O. The molecule has 3 rings (SSSR count). The number of amides is 1. The van der Waals surface area contributed by atoms with Gasteiger partial charge in [0.1, 0.15) is 0 Å². The fourth-order valence-corrected chi connectivity index (χ4v) is 3.84. The normalized spacial score (nSPS) is 27.3. The third-order valence-corrected chi connectivity index (χ3v) is 5.28. The van der Waals surface area contributed by atoms with Gasteiger partial charge in [0.25, 0.3) is 0 Å². The van der Waals surface area contributed by atoms with E-state index < -0.39 is 0 Å². The van der Waals surface area contributed by atoms with E-state index in [0.29, 0.717) is 17.2 Å². The number of nitrogens with zero attached hydrogens (tertiary/aromatic N) is 1. The van der Waals surface area contributed by atoms with E-state index in [1.165, 1.54) is 45.2 Å². The summed E-state index contributed by atoms with van der Waals surface area (Å²) >= 11 is 0. The molecule has 0 aromatic carbocycles. The van der Waals surface area contributed by atoms with Gasteiger partial charge in [-0.15, -0.1) is 24.8 Å². The molecule has 124 valence electrons. The standard InChI is InChI=1S/C15H27N3O.2ClH/c19-14(13-12-15(13)4-6-16-7-5-15)17-8-11-18-9-2-1-3-10-18;;/h13,16H,1-12H2,(H,17,19);2*1H. The van der Waals surface area contributed by atoms with Crippen LogP contribution in [-0.2, 0) is 4.79 Å². The molecule has 21 heavy (non-hydrogen) atoms. The topological polar surface area (TPSA) is 44.4 Å². The van der Waals surface area contributed by atoms with Crippen LogP contribution in [0.5, 0.6) is 0 Å². The van der Waals surface area contributed by atoms with Crippen LogP contribution in [0, 0.1) is 11.3 Å². The van der Waals surface area contributed by atoms with Crippen molar-refractivity contribution in [3.8, 4) is 0 Å². The predicted molar refractivity (Wildman–Crippen MR) is 90.4 cm³/mol. The second-order valence-corrected chi connectivity index (χ2v) is 6.56. The second-order valence-electron chi connectivity index (χ2n) is 6.56. The van der Waals surface area contributed by atoms with E-state index in [9.17, 15) is 4.79 Å². The van der Waals surface area contributed by atoms with E-state index in [2.05, 4.69) is 15.5 Å². The Morgan fingerprint density at radius 3 is 2.48 bits per heavy atom. The van der Waals surface area contributed by atoms with Crippen LogP contribution in [0.15, 0.2) is 0 Å². The first kappa shape index (κ1) is 19.0. The van der Waals surface area contributed by atoms with Gasteiger partial charge in [0.2, 0.25) is 5.91 Å². The summed E-state index contributed by atoms with van der Waals surface area (Å²) in [6.07, 6.45) is 7.54. The largest absolute Gasteiger partial charge is 0.355 e. The minimum atomic E-state index is 0. The molecule has 1 atom stereocenters. The molecule has 0 radical (unpaired) electrons. The SMILES string of the molecule is Cl.Cl.O=C(NCCN1CCCCC1)C1CC12CCNCC2. The highest BCUT2D eigenvalue weighted by Gasteiger charge is 2.57. The maximum absolute atomic E-state index is 12.2. The maximum atomic E-state index is 12.2. The third kappa shape index (κ3) is 4.72. The molecule has 0 bridgehead atoms. The number of piperidine rings is 2. The van der Waals surface area contributed by atoms with E-state index in [0.717, 1.165) is 32.6 Å². The molecule has 2 aliphatic heterocycles. The summed E-state index contributed by atoms with van der Waals surface area (Å²) < 4.78 is 0. The van der Waals surface area contributed by atoms with Crippen molar-refractivity contribution in [2.45, 2.75) is 38.5 Å². The highest BCUT2D eigenvalue weighted by Crippen LogP contribution is 2.58. The molecule has 1 unspecified atom stereocenters. The Labute approximate surface area is 140 Å². The summed E-state index contributed by atoms with van der Waals surface area (Å²) in [6, 6.07) is 0. The molecule has 1 amide bonds. The summed E-state index contributed by atoms with van der Waals surface area (Å²) in [5.41, 5.74) is 0.375. The van der Waals surface area contributed by atoms with Crippen LogP contribution in [0.4, 0.5) is 0 Å². The highest BCUT2D eigenvalue weighted by molar-refractivity contribution is 5.85. The first-order valence-electron chi connectivity index (χ1n) is 8.01. The number of rotatable bonds is 4. The Kier molecular flexibility index (Phi) is 7.75. The van der Waals surface area contributed by atoms with Gasteiger partial charge in [-0.05, 0) is 63.7 Å². The van der Waals surface area contributed by atoms with Gasteiger partial charge < -0.3 is 15.5 Å². The van der Waals surface area contributed by atoms with Crippen molar-refractivity contribution in [1.29, 1.82) is 0 Å². The molecule has 3 fully saturated rings. The van der Waals surface area contributed by atoms with E-state index in [-0.39, 0.29) is 24.8 Å². The van der Waals surface area contributed by atoms with Crippen LogP contribution in [0.1, 0.15) is 38.5 Å². The third-order valence-electron chi connectivity index (χ3n) is 5.28. The number of hydrogen-bond donors (Lipinski definition) is 2. The zero-order valence-corrected chi connectivity index (χ0v) is 14.4. The van der Waals surface area contributed by atoms with Crippen molar-refractivity contribution in [2.75, 3.05) is 39.3 Å². The van der Waals surface area contributed by atoms with Crippen LogP contribution >= 0.6 is 24.8 Å². The number of nitrogens with one attached hydrogen (secondary N) is 2. The number of carbonyl (C=O) groups is 1. The summed E-state index contributed by atoms with van der Waals surface area (Å²) in [4.78, 5) is 14.7. The van der Waals surface area contributed by atoms with Crippen molar-refractivity contribution in [3.05, 3.63) is 0 Å². The number of carbonyl (C=O) groups excluding carboxylic acids is 1. The van der Waals surface area contributed by atoms with Crippen molar-refractivity contribution in [3.63, 3.8) is 0 Å². The zero-order valence-electron chi connectivity index (χ0n) is 12.7. The zero-order chi connectivity index (χ0) is 13.1. The number of hydrogen-bond acceptors (Lipinski definition) is 3. The van der Waals surface area contributed by atoms with Crippen LogP contribution in [0.3, 0.4) is 0 Å². The fourth-order valence-electron chi connectivity index (χ4n) is 3.84. The summed E-state index contributed by atoms with van der Waals surface area (Å²) in [5.74, 6) is 0.634. The molecule has 0 aromatic heterocycles. The van der Waals surface area contributed by atoms with Crippen LogP contribution < -0.4 is 10.6 Å². The van der Waals surface area contributed by atoms with Crippen LogP contribution in [0.25, 0.3) is 0 Å². The first-order chi connectivity index (χ1) is 9.30. The lowest BCUT2D eigenvalue weighted by molar-refractivity contribution is -0.123. The molecular weight excluding hydrogens is 309 g/mol. The highest BCUT2D eigenvalue weighted by atomic mass is 35.5. The molecule has 2 heterocycles. The van der Waals surface area contributed by atoms with E-state index in [1.54, 1.807) is 0 Å². The van der Waals surface area contributed by atoms with E-state index in [1.807, 2.05) is 0 Å². The minimum Gasteiger partial charge on any atom is -0.355 e. The first-order valence-corrected chi connectivity index (χ1v) is 8.01. The second kappa shape index (κ2) is 8.56. The van der Waals surface area contributed by atoms with E-state index in [4.69, 9.17) is 0 Å². The van der Waals surface area contributed by atoms with Crippen molar-refractivity contribution >= 4 is 30.7 Å². The summed E-state index contributed by atoms with van der Waals surface area (Å²) in [5, 5.41) is 6.55. The Hall–Kier alpha value is -0.0300. The molecule has 1 aliphatic carbocycles. The van der Waals surface area contributed by atoms with Gasteiger partial charge in [0.05, 0.1) is 0 Å². The van der Waals surface area contributed by atoms with Gasteiger partial charge >= 0.3 is 0 Å². The van der Waals surface area contributed by atoms with Gasteiger partial charge in [-0.1, -0.05) is 6.42 Å². The van der Waals surface area contributed by atoms with Gasteiger partial charge in [-0.3, -0.25) is 4.79 Å². The van der Waals surface area contributed by atoms with Gasteiger partial charge in [-0.25, -0.2) is 0 Å². The minimum absolute atomic E-state index is 0. The monoisotopic (exact) mass is 337 g/mol. The molecule has 2 N–H and O–H groups in total. The van der Waals surface area contributed by atoms with Crippen LogP contribution in [-0.4, -0.2) is 50.1 Å². The summed E-state index contributed by atoms with van der Waals surface area (Å²) in [7, 11) is 0. The lowest BCUT2D eigenvalue weighted by Gasteiger charge is -2.26. The number of halogens is 2. The van der Waals surface area contributed by atoms with Gasteiger partial charge in [-0.2, -0.15) is 0 Å². The average molecular weight is 338 g/mol. The Balaban J connectivity index is 0.00000110. The Morgan fingerprint density at radius 1 is 1.14 bits per heavy atom. The van der Waals surface area contributed by atoms with Crippen molar-refractivity contribution in [2.24, 2.45) is 11.3 Å². The Morgan fingerprint density at radius 2 is 1.81 bits per heavy atom. The molecule has 1 saturated carbocycles. The summed E-state index contributed by atoms with van der Waals surface area (Å²) in [6.45, 7) is 6.50. The van der Waals surface area contributed by atoms with Gasteiger partial charge in [0, 0.05) is 19.0 Å². The van der Waals surface area contributed by atoms with E-state index >= 15 is 0 Å².